The number of nitrogens with one attached hydrogen (secondary N) is 1. The van der Waals surface area contributed by atoms with E-state index in [2.05, 4.69) is 26.2 Å². The zero-order valence-corrected chi connectivity index (χ0v) is 13.2. The summed E-state index contributed by atoms with van der Waals surface area (Å²) in [5, 5.41) is 2.93. The van der Waals surface area contributed by atoms with Crippen LogP contribution in [0.5, 0.6) is 0 Å². The van der Waals surface area contributed by atoms with E-state index in [1.807, 2.05) is 32.9 Å². The summed E-state index contributed by atoms with van der Waals surface area (Å²) in [5.74, 6) is 0.162. The third-order valence-corrected chi connectivity index (χ3v) is 3.43. The number of nitrogens with two attached hydrogens (primary N) is 1. The lowest BCUT2D eigenvalue weighted by Gasteiger charge is -2.13. The molecule has 20 heavy (non-hydrogen) atoms. The number of aromatic nitrogens is 1. The molecule has 1 aromatic heterocycles. The largest absolute Gasteiger partial charge is 0.384 e. The highest BCUT2D eigenvalue weighted by Crippen LogP contribution is 2.25. The van der Waals surface area contributed by atoms with Gasteiger partial charge in [0.05, 0.1) is 0 Å². The van der Waals surface area contributed by atoms with Gasteiger partial charge >= 0.3 is 0 Å². The van der Waals surface area contributed by atoms with Crippen LogP contribution in [-0.4, -0.2) is 10.9 Å². The third-order valence-electron chi connectivity index (χ3n) is 2.97. The normalized spacial score (nSPS) is 10.4. The number of halogens is 1. The molecule has 2 aromatic rings. The van der Waals surface area contributed by atoms with E-state index in [9.17, 15) is 4.79 Å². The molecule has 0 aliphatic carbocycles. The molecule has 0 fully saturated rings. The van der Waals surface area contributed by atoms with Gasteiger partial charge in [0.1, 0.15) is 5.82 Å². The van der Waals surface area contributed by atoms with Gasteiger partial charge in [-0.05, 0) is 56.2 Å². The van der Waals surface area contributed by atoms with E-state index in [-0.39, 0.29) is 5.91 Å². The number of carbonyl (C=O) groups is 1. The molecule has 0 aliphatic heterocycles. The molecular weight excluding hydrogens is 318 g/mol. The number of pyridine rings is 1. The maximum atomic E-state index is 12.3. The summed E-state index contributed by atoms with van der Waals surface area (Å²) in [6.45, 7) is 5.72. The molecule has 1 aromatic carbocycles. The first-order chi connectivity index (χ1) is 9.36. The number of benzene rings is 1. The molecule has 0 aliphatic rings. The van der Waals surface area contributed by atoms with Crippen LogP contribution in [0.4, 0.5) is 11.5 Å². The second kappa shape index (κ2) is 5.63. The first-order valence-electron chi connectivity index (χ1n) is 6.19. The van der Waals surface area contributed by atoms with Crippen LogP contribution in [0.3, 0.4) is 0 Å². The van der Waals surface area contributed by atoms with Crippen LogP contribution < -0.4 is 11.1 Å². The van der Waals surface area contributed by atoms with Crippen LogP contribution in [0.15, 0.2) is 28.7 Å². The van der Waals surface area contributed by atoms with Crippen LogP contribution in [0.1, 0.15) is 27.2 Å². The van der Waals surface area contributed by atoms with Gasteiger partial charge in [-0.3, -0.25) is 4.79 Å². The molecule has 1 amide bonds. The minimum absolute atomic E-state index is 0.185. The van der Waals surface area contributed by atoms with E-state index in [1.165, 1.54) is 0 Å². The quantitative estimate of drug-likeness (QED) is 0.882. The molecule has 0 radical (unpaired) electrons. The van der Waals surface area contributed by atoms with Crippen molar-refractivity contribution in [2.45, 2.75) is 20.8 Å². The van der Waals surface area contributed by atoms with Crippen LogP contribution in [0.25, 0.3) is 0 Å². The molecule has 0 spiro atoms. The van der Waals surface area contributed by atoms with Crippen LogP contribution in [0, 0.1) is 20.8 Å². The Hall–Kier alpha value is -1.88. The van der Waals surface area contributed by atoms with Crippen molar-refractivity contribution in [1.82, 2.24) is 4.98 Å². The Labute approximate surface area is 126 Å². The molecule has 3 N–H and O–H groups in total. The predicted octanol–water partition coefficient (Wildman–Crippen LogP) is 3.60. The minimum atomic E-state index is -0.185. The first-order valence-corrected chi connectivity index (χ1v) is 6.98. The van der Waals surface area contributed by atoms with Crippen molar-refractivity contribution in [1.29, 1.82) is 0 Å². The predicted molar refractivity (Wildman–Crippen MR) is 85.0 cm³/mol. The first kappa shape index (κ1) is 14.5. The fraction of sp³-hybridized carbons (Fsp3) is 0.200. The van der Waals surface area contributed by atoms with Crippen LogP contribution in [0.2, 0.25) is 0 Å². The monoisotopic (exact) mass is 333 g/mol. The molecule has 104 valence electrons. The molecule has 5 heteroatoms. The maximum Gasteiger partial charge on any atom is 0.255 e. The highest BCUT2D eigenvalue weighted by Gasteiger charge is 2.11. The van der Waals surface area contributed by atoms with Gasteiger partial charge in [0, 0.05) is 21.4 Å². The average Bonchev–Trinajstić information content (AvgIpc) is 2.32. The van der Waals surface area contributed by atoms with Crippen molar-refractivity contribution in [3.8, 4) is 0 Å². The van der Waals surface area contributed by atoms with Gasteiger partial charge < -0.3 is 11.1 Å². The van der Waals surface area contributed by atoms with Gasteiger partial charge in [-0.15, -0.1) is 0 Å². The van der Waals surface area contributed by atoms with Gasteiger partial charge in [-0.2, -0.15) is 0 Å². The Morgan fingerprint density at radius 1 is 1.15 bits per heavy atom. The van der Waals surface area contributed by atoms with E-state index < -0.39 is 0 Å². The second-order valence-electron chi connectivity index (χ2n) is 4.79. The number of hydrogen-bond donors (Lipinski definition) is 2. The zero-order valence-electron chi connectivity index (χ0n) is 11.6. The lowest BCUT2D eigenvalue weighted by atomic mass is 10.1. The molecule has 2 rings (SSSR count). The summed E-state index contributed by atoms with van der Waals surface area (Å²) in [6, 6.07) is 7.23. The van der Waals surface area contributed by atoms with Crippen molar-refractivity contribution in [3.05, 3.63) is 51.1 Å². The standard InChI is InChI=1S/C15H16BrN3O/c1-8-4-12(16)5-9(2)14(8)19-15(20)11-6-10(3)18-13(17)7-11/h4-7H,1-3H3,(H2,17,18)(H,19,20). The molecule has 1 heterocycles. The molecular formula is C15H16BrN3O. The van der Waals surface area contributed by atoms with Gasteiger partial charge in [0.15, 0.2) is 0 Å². The van der Waals surface area contributed by atoms with E-state index >= 15 is 0 Å². The van der Waals surface area contributed by atoms with Gasteiger partial charge in [-0.25, -0.2) is 4.98 Å². The van der Waals surface area contributed by atoms with Crippen LogP contribution >= 0.6 is 15.9 Å². The molecule has 0 bridgehead atoms. The fourth-order valence-corrected chi connectivity index (χ4v) is 2.81. The van der Waals surface area contributed by atoms with Gasteiger partial charge in [0.25, 0.3) is 5.91 Å². The van der Waals surface area contributed by atoms with Gasteiger partial charge in [0.2, 0.25) is 0 Å². The summed E-state index contributed by atoms with van der Waals surface area (Å²) < 4.78 is 0.995. The highest BCUT2D eigenvalue weighted by atomic mass is 79.9. The summed E-state index contributed by atoms with van der Waals surface area (Å²) in [7, 11) is 0. The number of nitrogens with zero attached hydrogens (tertiary/aromatic N) is 1. The van der Waals surface area contributed by atoms with Crippen molar-refractivity contribution < 1.29 is 4.79 Å². The Bertz CT molecular complexity index is 640. The summed E-state index contributed by atoms with van der Waals surface area (Å²) >= 11 is 3.44. The molecule has 0 saturated heterocycles. The molecule has 0 unspecified atom stereocenters. The van der Waals surface area contributed by atoms with E-state index in [1.54, 1.807) is 12.1 Å². The number of hydrogen-bond acceptors (Lipinski definition) is 3. The zero-order chi connectivity index (χ0) is 14.9. The van der Waals surface area contributed by atoms with E-state index in [4.69, 9.17) is 5.73 Å². The molecule has 0 saturated carbocycles. The van der Waals surface area contributed by atoms with Crippen molar-refractivity contribution in [2.24, 2.45) is 0 Å². The maximum absolute atomic E-state index is 12.3. The lowest BCUT2D eigenvalue weighted by molar-refractivity contribution is 0.102. The van der Waals surface area contributed by atoms with Gasteiger partial charge in [-0.1, -0.05) is 15.9 Å². The number of carbonyl (C=O) groups excluding carboxylic acids is 1. The highest BCUT2D eigenvalue weighted by molar-refractivity contribution is 9.10. The number of aryl methyl sites for hydroxylation is 3. The van der Waals surface area contributed by atoms with Crippen LogP contribution in [-0.2, 0) is 0 Å². The smallest absolute Gasteiger partial charge is 0.255 e. The number of nitrogen functional groups attached to an aromatic ring is 1. The Balaban J connectivity index is 2.32. The SMILES string of the molecule is Cc1cc(C(=O)Nc2c(C)cc(Br)cc2C)cc(N)n1. The Morgan fingerprint density at radius 3 is 2.30 bits per heavy atom. The summed E-state index contributed by atoms with van der Waals surface area (Å²) in [4.78, 5) is 16.4. The minimum Gasteiger partial charge on any atom is -0.384 e. The Morgan fingerprint density at radius 2 is 1.75 bits per heavy atom. The average molecular weight is 334 g/mol. The summed E-state index contributed by atoms with van der Waals surface area (Å²) in [5.41, 5.74) is 9.74. The fourth-order valence-electron chi connectivity index (χ4n) is 2.12. The van der Waals surface area contributed by atoms with Crippen molar-refractivity contribution in [2.75, 3.05) is 11.1 Å². The number of rotatable bonds is 2. The van der Waals surface area contributed by atoms with E-state index in [0.717, 1.165) is 27.0 Å². The topological polar surface area (TPSA) is 68.0 Å². The molecule has 0 atom stereocenters. The van der Waals surface area contributed by atoms with E-state index in [0.29, 0.717) is 11.4 Å². The number of anilines is 2. The number of amides is 1. The summed E-state index contributed by atoms with van der Waals surface area (Å²) in [6.07, 6.45) is 0. The van der Waals surface area contributed by atoms with Crippen molar-refractivity contribution >= 4 is 33.3 Å². The molecule has 4 nitrogen and oxygen atoms in total. The second-order valence-corrected chi connectivity index (χ2v) is 5.71. The lowest BCUT2D eigenvalue weighted by Crippen LogP contribution is -2.14. The third kappa shape index (κ3) is 3.17. The van der Waals surface area contributed by atoms with Crippen molar-refractivity contribution in [3.63, 3.8) is 0 Å². The Kier molecular flexibility index (Phi) is 4.09.